The Morgan fingerprint density at radius 1 is 1.07 bits per heavy atom. The van der Waals surface area contributed by atoms with Crippen LogP contribution in [0, 0.1) is 5.92 Å². The third-order valence-corrected chi connectivity index (χ3v) is 4.15. The molecular weight excluding hydrogens is 340 g/mol. The van der Waals surface area contributed by atoms with Crippen LogP contribution in [0.2, 0.25) is 0 Å². The highest BCUT2D eigenvalue weighted by Gasteiger charge is 2.08. The molecular formula is C22H30N2O3. The molecule has 2 N–H and O–H groups in total. The lowest BCUT2D eigenvalue weighted by Crippen LogP contribution is -2.30. The first-order valence-electron chi connectivity index (χ1n) is 9.48. The van der Waals surface area contributed by atoms with E-state index in [1.54, 1.807) is 25.3 Å². The second-order valence-electron chi connectivity index (χ2n) is 6.87. The van der Waals surface area contributed by atoms with Crippen LogP contribution in [0.15, 0.2) is 48.5 Å². The predicted octanol–water partition coefficient (Wildman–Crippen LogP) is 4.87. The Morgan fingerprint density at radius 3 is 2.56 bits per heavy atom. The fourth-order valence-corrected chi connectivity index (χ4v) is 2.68. The van der Waals surface area contributed by atoms with Gasteiger partial charge < -0.3 is 20.1 Å². The van der Waals surface area contributed by atoms with Gasteiger partial charge in [0.05, 0.1) is 13.7 Å². The molecule has 27 heavy (non-hydrogen) atoms. The second-order valence-corrected chi connectivity index (χ2v) is 6.87. The minimum absolute atomic E-state index is 0.234. The monoisotopic (exact) mass is 370 g/mol. The van der Waals surface area contributed by atoms with E-state index < -0.39 is 0 Å². The first-order valence-corrected chi connectivity index (χ1v) is 9.48. The molecule has 0 aliphatic heterocycles. The van der Waals surface area contributed by atoms with E-state index >= 15 is 0 Å². The number of carbonyl (C=O) groups is 1. The second kappa shape index (κ2) is 11.1. The smallest absolute Gasteiger partial charge is 0.319 e. The Morgan fingerprint density at radius 2 is 1.85 bits per heavy atom. The number of methoxy groups -OCH3 is 1. The number of carbonyl (C=O) groups excluding carboxylic acids is 1. The lowest BCUT2D eigenvalue weighted by atomic mass is 10.1. The van der Waals surface area contributed by atoms with E-state index in [-0.39, 0.29) is 6.03 Å². The topological polar surface area (TPSA) is 59.6 Å². The maximum atomic E-state index is 12.1. The van der Waals surface area contributed by atoms with Gasteiger partial charge in [-0.15, -0.1) is 0 Å². The van der Waals surface area contributed by atoms with Crippen molar-refractivity contribution in [3.8, 4) is 11.5 Å². The zero-order valence-corrected chi connectivity index (χ0v) is 16.5. The fourth-order valence-electron chi connectivity index (χ4n) is 2.68. The number of amides is 2. The van der Waals surface area contributed by atoms with E-state index in [1.165, 1.54) is 5.56 Å². The van der Waals surface area contributed by atoms with Gasteiger partial charge in [0.1, 0.15) is 0 Å². The summed E-state index contributed by atoms with van der Waals surface area (Å²) in [5.74, 6) is 1.96. The van der Waals surface area contributed by atoms with E-state index in [4.69, 9.17) is 9.47 Å². The van der Waals surface area contributed by atoms with Crippen molar-refractivity contribution in [2.45, 2.75) is 33.1 Å². The average Bonchev–Trinajstić information content (AvgIpc) is 2.66. The molecule has 0 saturated heterocycles. The molecule has 2 aromatic carbocycles. The normalized spacial score (nSPS) is 10.5. The summed E-state index contributed by atoms with van der Waals surface area (Å²) in [6.45, 7) is 5.59. The Bertz CT molecular complexity index is 702. The fraction of sp³-hybridized carbons (Fsp3) is 0.409. The van der Waals surface area contributed by atoms with Crippen LogP contribution in [-0.2, 0) is 6.42 Å². The standard InChI is InChI=1S/C22H30N2O3/c1-17(2)8-7-15-27-21-16-19(11-12-20(21)26-3)24-22(25)23-14-13-18-9-5-4-6-10-18/h4-6,9-12,16-17H,7-8,13-15H2,1-3H3,(H2,23,24,25). The summed E-state index contributed by atoms with van der Waals surface area (Å²) in [6.07, 6.45) is 2.89. The summed E-state index contributed by atoms with van der Waals surface area (Å²) in [6, 6.07) is 15.2. The highest BCUT2D eigenvalue weighted by Crippen LogP contribution is 2.30. The number of urea groups is 1. The Balaban J connectivity index is 1.83. The molecule has 5 heteroatoms. The Kier molecular flexibility index (Phi) is 8.49. The summed E-state index contributed by atoms with van der Waals surface area (Å²) >= 11 is 0. The summed E-state index contributed by atoms with van der Waals surface area (Å²) < 4.78 is 11.2. The molecule has 0 fully saturated rings. The quantitative estimate of drug-likeness (QED) is 0.586. The Labute approximate surface area is 162 Å². The molecule has 146 valence electrons. The van der Waals surface area contributed by atoms with E-state index in [2.05, 4.69) is 24.5 Å². The maximum absolute atomic E-state index is 12.1. The molecule has 5 nitrogen and oxygen atoms in total. The number of nitrogens with one attached hydrogen (secondary N) is 2. The van der Waals surface area contributed by atoms with Crippen LogP contribution in [0.25, 0.3) is 0 Å². The van der Waals surface area contributed by atoms with E-state index in [0.29, 0.717) is 36.3 Å². The number of hydrogen-bond donors (Lipinski definition) is 2. The summed E-state index contributed by atoms with van der Waals surface area (Å²) in [5.41, 5.74) is 1.87. The number of anilines is 1. The van der Waals surface area contributed by atoms with Crippen molar-refractivity contribution in [3.63, 3.8) is 0 Å². The molecule has 0 aromatic heterocycles. The first kappa shape index (κ1) is 20.6. The Hall–Kier alpha value is -2.69. The van der Waals surface area contributed by atoms with Crippen molar-refractivity contribution in [3.05, 3.63) is 54.1 Å². The molecule has 0 spiro atoms. The summed E-state index contributed by atoms with van der Waals surface area (Å²) in [5, 5.41) is 5.71. The summed E-state index contributed by atoms with van der Waals surface area (Å²) in [7, 11) is 1.61. The van der Waals surface area contributed by atoms with Crippen molar-refractivity contribution in [1.29, 1.82) is 0 Å². The maximum Gasteiger partial charge on any atom is 0.319 e. The zero-order valence-electron chi connectivity index (χ0n) is 16.5. The third kappa shape index (κ3) is 7.60. The number of ether oxygens (including phenoxy) is 2. The molecule has 2 amide bonds. The lowest BCUT2D eigenvalue weighted by Gasteiger charge is -2.14. The summed E-state index contributed by atoms with van der Waals surface area (Å²) in [4.78, 5) is 12.1. The minimum atomic E-state index is -0.234. The van der Waals surface area contributed by atoms with E-state index in [1.807, 2.05) is 30.3 Å². The van der Waals surface area contributed by atoms with E-state index in [0.717, 1.165) is 19.3 Å². The van der Waals surface area contributed by atoms with Crippen LogP contribution in [0.5, 0.6) is 11.5 Å². The van der Waals surface area contributed by atoms with Crippen LogP contribution in [0.3, 0.4) is 0 Å². The van der Waals surface area contributed by atoms with Crippen molar-refractivity contribution in [2.24, 2.45) is 5.92 Å². The minimum Gasteiger partial charge on any atom is -0.493 e. The molecule has 0 saturated carbocycles. The third-order valence-electron chi connectivity index (χ3n) is 4.15. The van der Waals surface area contributed by atoms with Crippen molar-refractivity contribution in [2.75, 3.05) is 25.6 Å². The molecule has 0 atom stereocenters. The lowest BCUT2D eigenvalue weighted by molar-refractivity contribution is 0.252. The first-order chi connectivity index (χ1) is 13.1. The molecule has 2 rings (SSSR count). The molecule has 0 heterocycles. The molecule has 0 bridgehead atoms. The molecule has 2 aromatic rings. The van der Waals surface area contributed by atoms with Crippen LogP contribution < -0.4 is 20.1 Å². The van der Waals surface area contributed by atoms with Gasteiger partial charge in [0, 0.05) is 18.3 Å². The molecule has 0 unspecified atom stereocenters. The van der Waals surface area contributed by atoms with Gasteiger partial charge in [0.2, 0.25) is 0 Å². The van der Waals surface area contributed by atoms with Gasteiger partial charge in [0.25, 0.3) is 0 Å². The van der Waals surface area contributed by atoms with Crippen molar-refractivity contribution < 1.29 is 14.3 Å². The SMILES string of the molecule is COc1ccc(NC(=O)NCCc2ccccc2)cc1OCCCC(C)C. The predicted molar refractivity (Wildman–Crippen MR) is 110 cm³/mol. The molecule has 0 aliphatic carbocycles. The van der Waals surface area contributed by atoms with Crippen LogP contribution in [-0.4, -0.2) is 26.3 Å². The number of benzene rings is 2. The van der Waals surface area contributed by atoms with Gasteiger partial charge >= 0.3 is 6.03 Å². The van der Waals surface area contributed by atoms with Gasteiger partial charge in [-0.3, -0.25) is 0 Å². The zero-order chi connectivity index (χ0) is 19.5. The highest BCUT2D eigenvalue weighted by molar-refractivity contribution is 5.89. The van der Waals surface area contributed by atoms with Gasteiger partial charge in [-0.05, 0) is 42.9 Å². The molecule has 0 radical (unpaired) electrons. The van der Waals surface area contributed by atoms with Gasteiger partial charge in [-0.25, -0.2) is 4.79 Å². The van der Waals surface area contributed by atoms with Gasteiger partial charge in [0.15, 0.2) is 11.5 Å². The number of rotatable bonds is 10. The van der Waals surface area contributed by atoms with Gasteiger partial charge in [-0.1, -0.05) is 44.2 Å². The van der Waals surface area contributed by atoms with Crippen LogP contribution in [0.4, 0.5) is 10.5 Å². The average molecular weight is 370 g/mol. The van der Waals surface area contributed by atoms with Crippen LogP contribution >= 0.6 is 0 Å². The van der Waals surface area contributed by atoms with Crippen LogP contribution in [0.1, 0.15) is 32.3 Å². The van der Waals surface area contributed by atoms with E-state index in [9.17, 15) is 4.79 Å². The molecule has 0 aliphatic rings. The van der Waals surface area contributed by atoms with Crippen molar-refractivity contribution >= 4 is 11.7 Å². The van der Waals surface area contributed by atoms with Gasteiger partial charge in [-0.2, -0.15) is 0 Å². The largest absolute Gasteiger partial charge is 0.493 e. The highest BCUT2D eigenvalue weighted by atomic mass is 16.5. The number of hydrogen-bond acceptors (Lipinski definition) is 3. The van der Waals surface area contributed by atoms with Crippen molar-refractivity contribution in [1.82, 2.24) is 5.32 Å².